The Morgan fingerprint density at radius 2 is 2.04 bits per heavy atom. The van der Waals surface area contributed by atoms with Gasteiger partial charge in [0.2, 0.25) is 0 Å². The first kappa shape index (κ1) is 16.2. The van der Waals surface area contributed by atoms with E-state index in [4.69, 9.17) is 4.74 Å². The highest BCUT2D eigenvalue weighted by Crippen LogP contribution is 2.25. The summed E-state index contributed by atoms with van der Waals surface area (Å²) in [6.07, 6.45) is 6.39. The van der Waals surface area contributed by atoms with Crippen LogP contribution in [0.5, 0.6) is 5.75 Å². The number of amides is 1. The molecule has 0 bridgehead atoms. The van der Waals surface area contributed by atoms with Gasteiger partial charge in [-0.15, -0.1) is 0 Å². The largest absolute Gasteiger partial charge is 0.484 e. The fourth-order valence-electron chi connectivity index (χ4n) is 2.76. The van der Waals surface area contributed by atoms with Crippen LogP contribution in [0.15, 0.2) is 47.7 Å². The second kappa shape index (κ2) is 7.73. The van der Waals surface area contributed by atoms with Crippen molar-refractivity contribution in [3.8, 4) is 5.75 Å². The summed E-state index contributed by atoms with van der Waals surface area (Å²) in [4.78, 5) is 16.1. The standard InChI is InChI=1S/C19H21N3O2/c1-14(18-8-4-5-11-20-18)21-22-19(23)13-24-17-10-9-15-6-2-3-7-16(15)12-17/h4-5,8-12H,2-3,6-7,13H2,1H3,(H,22,23)/b21-14+. The molecule has 2 aromatic rings. The van der Waals surface area contributed by atoms with Crippen molar-refractivity contribution in [1.29, 1.82) is 0 Å². The summed E-state index contributed by atoms with van der Waals surface area (Å²) < 4.78 is 5.57. The number of ether oxygens (including phenoxy) is 1. The Balaban J connectivity index is 1.52. The fraction of sp³-hybridized carbons (Fsp3) is 0.316. The van der Waals surface area contributed by atoms with Crippen LogP contribution < -0.4 is 10.2 Å². The van der Waals surface area contributed by atoms with Crippen molar-refractivity contribution in [2.24, 2.45) is 5.10 Å². The highest BCUT2D eigenvalue weighted by Gasteiger charge is 2.10. The van der Waals surface area contributed by atoms with Crippen molar-refractivity contribution >= 4 is 11.6 Å². The molecule has 1 aliphatic carbocycles. The number of hydrogen-bond acceptors (Lipinski definition) is 4. The first-order chi connectivity index (χ1) is 11.7. The Morgan fingerprint density at radius 1 is 1.21 bits per heavy atom. The molecule has 5 nitrogen and oxygen atoms in total. The van der Waals surface area contributed by atoms with E-state index in [0.29, 0.717) is 5.71 Å². The number of carbonyl (C=O) groups is 1. The van der Waals surface area contributed by atoms with Crippen LogP contribution in [0.3, 0.4) is 0 Å². The van der Waals surface area contributed by atoms with Gasteiger partial charge < -0.3 is 4.74 Å². The molecule has 1 N–H and O–H groups in total. The Kier molecular flexibility index (Phi) is 5.21. The number of hydrogen-bond donors (Lipinski definition) is 1. The molecule has 5 heteroatoms. The SMILES string of the molecule is C/C(=N\NC(=O)COc1ccc2c(c1)CCCC2)c1ccccn1. The Morgan fingerprint density at radius 3 is 2.83 bits per heavy atom. The van der Waals surface area contributed by atoms with E-state index < -0.39 is 0 Å². The number of rotatable bonds is 5. The van der Waals surface area contributed by atoms with E-state index in [0.717, 1.165) is 24.3 Å². The lowest BCUT2D eigenvalue weighted by Gasteiger charge is -2.16. The van der Waals surface area contributed by atoms with E-state index in [1.165, 1.54) is 24.0 Å². The van der Waals surface area contributed by atoms with Crippen LogP contribution in [0.4, 0.5) is 0 Å². The third-order valence-corrected chi connectivity index (χ3v) is 4.07. The maximum atomic E-state index is 11.9. The van der Waals surface area contributed by atoms with Gasteiger partial charge in [0, 0.05) is 6.20 Å². The molecule has 1 aromatic carbocycles. The van der Waals surface area contributed by atoms with Gasteiger partial charge in [0.1, 0.15) is 5.75 Å². The molecule has 0 aliphatic heterocycles. The normalized spacial score (nSPS) is 14.0. The van der Waals surface area contributed by atoms with Crippen LogP contribution in [-0.2, 0) is 17.6 Å². The van der Waals surface area contributed by atoms with E-state index in [9.17, 15) is 4.79 Å². The summed E-state index contributed by atoms with van der Waals surface area (Å²) in [7, 11) is 0. The van der Waals surface area contributed by atoms with Gasteiger partial charge in [-0.05, 0) is 68.0 Å². The van der Waals surface area contributed by atoms with E-state index in [1.54, 1.807) is 13.1 Å². The lowest BCUT2D eigenvalue weighted by atomic mass is 9.92. The van der Waals surface area contributed by atoms with Crippen LogP contribution >= 0.6 is 0 Å². The van der Waals surface area contributed by atoms with Crippen molar-refractivity contribution in [3.05, 3.63) is 59.4 Å². The van der Waals surface area contributed by atoms with Gasteiger partial charge in [-0.2, -0.15) is 5.10 Å². The molecular weight excluding hydrogens is 302 g/mol. The van der Waals surface area contributed by atoms with Crippen LogP contribution in [0, 0.1) is 0 Å². The minimum Gasteiger partial charge on any atom is -0.484 e. The number of pyridine rings is 1. The Hall–Kier alpha value is -2.69. The van der Waals surface area contributed by atoms with Crippen molar-refractivity contribution in [2.45, 2.75) is 32.6 Å². The van der Waals surface area contributed by atoms with Crippen molar-refractivity contribution in [1.82, 2.24) is 10.4 Å². The average molecular weight is 323 g/mol. The molecule has 1 aromatic heterocycles. The molecule has 124 valence electrons. The molecular formula is C19H21N3O2. The minimum atomic E-state index is -0.289. The second-order valence-electron chi connectivity index (χ2n) is 5.87. The highest BCUT2D eigenvalue weighted by atomic mass is 16.5. The number of aromatic nitrogens is 1. The monoisotopic (exact) mass is 323 g/mol. The second-order valence-corrected chi connectivity index (χ2v) is 5.87. The Labute approximate surface area is 141 Å². The molecule has 0 saturated heterocycles. The predicted octanol–water partition coefficient (Wildman–Crippen LogP) is 2.88. The number of aryl methyl sites for hydroxylation is 2. The van der Waals surface area contributed by atoms with Crippen molar-refractivity contribution in [2.75, 3.05) is 6.61 Å². The van der Waals surface area contributed by atoms with Gasteiger partial charge in [0.05, 0.1) is 11.4 Å². The number of nitrogens with zero attached hydrogens (tertiary/aromatic N) is 2. The fourth-order valence-corrected chi connectivity index (χ4v) is 2.76. The molecule has 0 radical (unpaired) electrons. The number of fused-ring (bicyclic) bond motifs is 1. The third-order valence-electron chi connectivity index (χ3n) is 4.07. The Bertz CT molecular complexity index is 742. The summed E-state index contributed by atoms with van der Waals surface area (Å²) in [5, 5.41) is 4.05. The predicted molar refractivity (Wildman–Crippen MR) is 93.2 cm³/mol. The van der Waals surface area contributed by atoms with Crippen LogP contribution in [0.1, 0.15) is 36.6 Å². The van der Waals surface area contributed by atoms with E-state index in [2.05, 4.69) is 21.6 Å². The van der Waals surface area contributed by atoms with Crippen LogP contribution in [0.25, 0.3) is 0 Å². The van der Waals surface area contributed by atoms with Crippen LogP contribution in [-0.4, -0.2) is 23.2 Å². The topological polar surface area (TPSA) is 63.6 Å². The smallest absolute Gasteiger partial charge is 0.277 e. The molecule has 0 unspecified atom stereocenters. The molecule has 0 spiro atoms. The van der Waals surface area contributed by atoms with E-state index >= 15 is 0 Å². The molecule has 3 rings (SSSR count). The molecule has 1 heterocycles. The average Bonchev–Trinajstić information content (AvgIpc) is 2.65. The third kappa shape index (κ3) is 4.19. The summed E-state index contributed by atoms with van der Waals surface area (Å²) >= 11 is 0. The minimum absolute atomic E-state index is 0.0578. The maximum absolute atomic E-state index is 11.9. The van der Waals surface area contributed by atoms with Crippen LogP contribution in [0.2, 0.25) is 0 Å². The summed E-state index contributed by atoms with van der Waals surface area (Å²) in [5.74, 6) is 0.444. The summed E-state index contributed by atoms with van der Waals surface area (Å²) in [6.45, 7) is 1.74. The van der Waals surface area contributed by atoms with E-state index in [-0.39, 0.29) is 12.5 Å². The lowest BCUT2D eigenvalue weighted by molar-refractivity contribution is -0.123. The van der Waals surface area contributed by atoms with Gasteiger partial charge in [-0.25, -0.2) is 5.43 Å². The number of nitrogens with one attached hydrogen (secondary N) is 1. The number of benzene rings is 1. The quantitative estimate of drug-likeness (QED) is 0.680. The number of hydrazone groups is 1. The molecule has 24 heavy (non-hydrogen) atoms. The first-order valence-electron chi connectivity index (χ1n) is 8.21. The van der Waals surface area contributed by atoms with Crippen molar-refractivity contribution in [3.63, 3.8) is 0 Å². The highest BCUT2D eigenvalue weighted by molar-refractivity contribution is 5.97. The van der Waals surface area contributed by atoms with Gasteiger partial charge in [-0.1, -0.05) is 12.1 Å². The van der Waals surface area contributed by atoms with Gasteiger partial charge >= 0.3 is 0 Å². The zero-order valence-corrected chi connectivity index (χ0v) is 13.8. The number of carbonyl (C=O) groups excluding carboxylic acids is 1. The van der Waals surface area contributed by atoms with Crippen molar-refractivity contribution < 1.29 is 9.53 Å². The zero-order chi connectivity index (χ0) is 16.8. The lowest BCUT2D eigenvalue weighted by Crippen LogP contribution is -2.25. The molecule has 0 fully saturated rings. The van der Waals surface area contributed by atoms with Gasteiger partial charge in [-0.3, -0.25) is 9.78 Å². The first-order valence-corrected chi connectivity index (χ1v) is 8.21. The molecule has 0 saturated carbocycles. The maximum Gasteiger partial charge on any atom is 0.277 e. The summed E-state index contributed by atoms with van der Waals surface area (Å²) in [5.41, 5.74) is 6.61. The molecule has 1 aliphatic rings. The van der Waals surface area contributed by atoms with E-state index in [1.807, 2.05) is 30.3 Å². The summed E-state index contributed by atoms with van der Waals surface area (Å²) in [6, 6.07) is 11.6. The van der Waals surface area contributed by atoms with Gasteiger partial charge in [0.25, 0.3) is 5.91 Å². The zero-order valence-electron chi connectivity index (χ0n) is 13.8. The van der Waals surface area contributed by atoms with Gasteiger partial charge in [0.15, 0.2) is 6.61 Å². The molecule has 1 amide bonds. The molecule has 0 atom stereocenters.